The van der Waals surface area contributed by atoms with Crippen molar-refractivity contribution in [3.63, 3.8) is 0 Å². The molecule has 3 N–H and O–H groups in total. The van der Waals surface area contributed by atoms with Crippen molar-refractivity contribution in [3.8, 4) is 0 Å². The van der Waals surface area contributed by atoms with Crippen molar-refractivity contribution < 1.29 is 17.9 Å². The van der Waals surface area contributed by atoms with Crippen molar-refractivity contribution in [2.24, 2.45) is 0 Å². The number of rotatable bonds is 0. The van der Waals surface area contributed by atoms with E-state index in [1.54, 1.807) is 20.8 Å². The van der Waals surface area contributed by atoms with Crippen LogP contribution >= 0.6 is 0 Å². The summed E-state index contributed by atoms with van der Waals surface area (Å²) in [5.74, 6) is 0. The first-order valence-corrected chi connectivity index (χ1v) is 5.79. The van der Waals surface area contributed by atoms with E-state index >= 15 is 0 Å². The molecular formula is C9H18N2O4S. The second kappa shape index (κ2) is 5.31. The fourth-order valence-corrected chi connectivity index (χ4v) is 1.77. The highest BCUT2D eigenvalue weighted by Crippen LogP contribution is 2.13. The van der Waals surface area contributed by atoms with E-state index in [2.05, 4.69) is 0 Å². The monoisotopic (exact) mass is 250 g/mol. The molecule has 1 saturated heterocycles. The summed E-state index contributed by atoms with van der Waals surface area (Å²) in [6, 6.07) is 0. The van der Waals surface area contributed by atoms with Crippen molar-refractivity contribution in [2.45, 2.75) is 32.8 Å². The van der Waals surface area contributed by atoms with Gasteiger partial charge in [-0.1, -0.05) is 0 Å². The third-order valence-corrected chi connectivity index (χ3v) is 2.72. The Hall–Kier alpha value is -1.08. The minimum absolute atomic E-state index is 0. The Morgan fingerprint density at radius 2 is 1.94 bits per heavy atom. The van der Waals surface area contributed by atoms with Crippen LogP contribution in [0.1, 0.15) is 27.2 Å². The Morgan fingerprint density at radius 1 is 1.38 bits per heavy atom. The predicted octanol–water partition coefficient (Wildman–Crippen LogP) is 0.841. The van der Waals surface area contributed by atoms with E-state index in [9.17, 15) is 13.2 Å². The number of likely N-dealkylation sites (tertiary alicyclic amines) is 1. The Balaban J connectivity index is 0.00000225. The molecule has 1 aliphatic rings. The number of hydrogen-bond donors (Lipinski definition) is 1. The fourth-order valence-electron chi connectivity index (χ4n) is 1.25. The van der Waals surface area contributed by atoms with Gasteiger partial charge in [0.2, 0.25) is 10.3 Å². The second-order valence-corrected chi connectivity index (χ2v) is 5.47. The van der Waals surface area contributed by atoms with E-state index in [1.807, 2.05) is 0 Å². The number of ether oxygens (including phenoxy) is 1. The lowest BCUT2D eigenvalue weighted by Crippen LogP contribution is -2.35. The van der Waals surface area contributed by atoms with E-state index in [-0.39, 0.29) is 12.7 Å². The molecule has 7 heteroatoms. The molecule has 6 nitrogen and oxygen atoms in total. The summed E-state index contributed by atoms with van der Waals surface area (Å²) < 4.78 is 26.4. The minimum Gasteiger partial charge on any atom is -0.444 e. The van der Waals surface area contributed by atoms with Crippen LogP contribution in [0.5, 0.6) is 0 Å². The molecule has 0 unspecified atom stereocenters. The van der Waals surface area contributed by atoms with Crippen molar-refractivity contribution in [1.82, 2.24) is 11.1 Å². The molecule has 0 bridgehead atoms. The van der Waals surface area contributed by atoms with Gasteiger partial charge in [-0.25, -0.2) is 4.79 Å². The number of nitrogens with zero attached hydrogens (tertiary/aromatic N) is 1. The molecule has 94 valence electrons. The molecule has 1 aliphatic heterocycles. The number of amides is 1. The number of carbonyl (C=O) groups is 1. The molecule has 1 rings (SSSR count). The summed E-state index contributed by atoms with van der Waals surface area (Å²) in [6.45, 7) is 5.90. The van der Waals surface area contributed by atoms with E-state index in [0.29, 0.717) is 17.8 Å². The van der Waals surface area contributed by atoms with Gasteiger partial charge in [-0.3, -0.25) is 0 Å². The van der Waals surface area contributed by atoms with Crippen LogP contribution in [-0.4, -0.2) is 43.0 Å². The molecule has 0 aromatic heterocycles. The average Bonchev–Trinajstić information content (AvgIpc) is 2.47. The second-order valence-electron chi connectivity index (χ2n) is 4.43. The standard InChI is InChI=1S/C9H15NO4S.H3N/c1-9(2,3)14-8(11)10-5-4-7(6-10)15(12)13;/h4-6H2,1-3H3;1H3. The van der Waals surface area contributed by atoms with E-state index in [0.717, 1.165) is 0 Å². The molecule has 0 aromatic rings. The lowest BCUT2D eigenvalue weighted by Gasteiger charge is -2.23. The summed E-state index contributed by atoms with van der Waals surface area (Å²) in [4.78, 5) is 13.3. The van der Waals surface area contributed by atoms with Crippen LogP contribution in [0.2, 0.25) is 0 Å². The van der Waals surface area contributed by atoms with E-state index < -0.39 is 22.0 Å². The van der Waals surface area contributed by atoms with Gasteiger partial charge >= 0.3 is 6.09 Å². The van der Waals surface area contributed by atoms with E-state index in [1.165, 1.54) is 4.90 Å². The SMILES string of the molecule is CC(C)(C)OC(=O)N1CCC(=S(=O)=O)C1.N. The molecule has 1 amide bonds. The third kappa shape index (κ3) is 4.19. The third-order valence-electron chi connectivity index (χ3n) is 1.92. The molecular weight excluding hydrogens is 232 g/mol. The molecule has 1 fully saturated rings. The quantitative estimate of drug-likeness (QED) is 0.642. The summed E-state index contributed by atoms with van der Waals surface area (Å²) >= 11 is 0. The Kier molecular flexibility index (Phi) is 4.95. The molecule has 0 atom stereocenters. The van der Waals surface area contributed by atoms with Gasteiger partial charge in [-0.05, 0) is 20.8 Å². The van der Waals surface area contributed by atoms with Gasteiger partial charge < -0.3 is 15.8 Å². The molecule has 0 aliphatic carbocycles. The van der Waals surface area contributed by atoms with Crippen LogP contribution in [-0.2, 0) is 15.0 Å². The highest BCUT2D eigenvalue weighted by molar-refractivity contribution is 7.73. The summed E-state index contributed by atoms with van der Waals surface area (Å²) in [5, 5.41) is 0. The maximum absolute atomic E-state index is 11.5. The normalized spacial score (nSPS) is 15.7. The summed E-state index contributed by atoms with van der Waals surface area (Å²) in [5.41, 5.74) is -0.545. The Bertz CT molecular complexity index is 386. The highest BCUT2D eigenvalue weighted by Gasteiger charge is 2.27. The van der Waals surface area contributed by atoms with Gasteiger partial charge in [-0.15, -0.1) is 0 Å². The molecule has 0 radical (unpaired) electrons. The number of hydrogen-bond acceptors (Lipinski definition) is 5. The van der Waals surface area contributed by atoms with Gasteiger partial charge in [-0.2, -0.15) is 8.42 Å². The molecule has 1 heterocycles. The topological polar surface area (TPSA) is 98.7 Å². The zero-order valence-corrected chi connectivity index (χ0v) is 10.6. The first-order chi connectivity index (χ1) is 6.79. The summed E-state index contributed by atoms with van der Waals surface area (Å²) in [7, 11) is -2.18. The van der Waals surface area contributed by atoms with Gasteiger partial charge in [0.1, 0.15) is 5.60 Å². The van der Waals surface area contributed by atoms with Gasteiger partial charge in [0.25, 0.3) is 0 Å². The minimum atomic E-state index is -2.18. The van der Waals surface area contributed by atoms with Crippen molar-refractivity contribution in [3.05, 3.63) is 0 Å². The molecule has 0 spiro atoms. The predicted molar refractivity (Wildman–Crippen MR) is 61.4 cm³/mol. The van der Waals surface area contributed by atoms with Gasteiger partial charge in [0.05, 0.1) is 11.4 Å². The van der Waals surface area contributed by atoms with Crippen LogP contribution in [0.25, 0.3) is 0 Å². The average molecular weight is 250 g/mol. The summed E-state index contributed by atoms with van der Waals surface area (Å²) in [6.07, 6.45) is -0.0435. The lowest BCUT2D eigenvalue weighted by atomic mass is 10.2. The van der Waals surface area contributed by atoms with Crippen molar-refractivity contribution >= 4 is 21.3 Å². The number of carbonyl (C=O) groups excluding carboxylic acids is 1. The first-order valence-electron chi connectivity index (χ1n) is 4.71. The molecule has 0 saturated carbocycles. The lowest BCUT2D eigenvalue weighted by molar-refractivity contribution is 0.0303. The zero-order chi connectivity index (χ0) is 11.6. The largest absolute Gasteiger partial charge is 0.444 e. The Labute approximate surface area is 96.7 Å². The van der Waals surface area contributed by atoms with E-state index in [4.69, 9.17) is 4.74 Å². The zero-order valence-electron chi connectivity index (χ0n) is 9.82. The Morgan fingerprint density at radius 3 is 2.31 bits per heavy atom. The smallest absolute Gasteiger partial charge is 0.410 e. The van der Waals surface area contributed by atoms with Crippen molar-refractivity contribution in [2.75, 3.05) is 13.1 Å². The van der Waals surface area contributed by atoms with Gasteiger partial charge in [0.15, 0.2) is 0 Å². The maximum Gasteiger partial charge on any atom is 0.410 e. The molecule has 16 heavy (non-hydrogen) atoms. The van der Waals surface area contributed by atoms with Crippen LogP contribution in [0, 0.1) is 0 Å². The van der Waals surface area contributed by atoms with Crippen LogP contribution in [0.15, 0.2) is 0 Å². The molecule has 0 aromatic carbocycles. The first kappa shape index (κ1) is 14.9. The van der Waals surface area contributed by atoms with Crippen LogP contribution in [0.4, 0.5) is 4.79 Å². The maximum atomic E-state index is 11.5. The van der Waals surface area contributed by atoms with Crippen LogP contribution in [0.3, 0.4) is 0 Å². The van der Waals surface area contributed by atoms with Crippen molar-refractivity contribution in [1.29, 1.82) is 0 Å². The highest BCUT2D eigenvalue weighted by atomic mass is 32.2. The van der Waals surface area contributed by atoms with Crippen LogP contribution < -0.4 is 6.15 Å². The van der Waals surface area contributed by atoms with Gasteiger partial charge in [0, 0.05) is 13.0 Å². The fraction of sp³-hybridized carbons (Fsp3) is 0.778.